The van der Waals surface area contributed by atoms with Crippen LogP contribution < -0.4 is 0 Å². The number of hydrogen-bond donors (Lipinski definition) is 2. The van der Waals surface area contributed by atoms with Gasteiger partial charge in [-0.25, -0.2) is 0 Å². The fourth-order valence-corrected chi connectivity index (χ4v) is 1.83. The van der Waals surface area contributed by atoms with E-state index in [2.05, 4.69) is 7.05 Å². The van der Waals surface area contributed by atoms with Crippen LogP contribution in [0.2, 0.25) is 0 Å². The van der Waals surface area contributed by atoms with Crippen molar-refractivity contribution in [2.24, 2.45) is 0 Å². The van der Waals surface area contributed by atoms with Crippen molar-refractivity contribution in [3.05, 3.63) is 66.7 Å². The van der Waals surface area contributed by atoms with Gasteiger partial charge in [0, 0.05) is 43.8 Å². The second kappa shape index (κ2) is 7.63. The molecule has 0 fully saturated rings. The molecule has 0 bridgehead atoms. The standard InChI is InChI=1S/C15H16NO2.Y/c1-16(10-12-6-2-4-8-14(12)17)11-13-7-3-5-9-15(13)18;/h2-9,17-18H,1,10-11H2;/q-1;. The molecule has 97 valence electrons. The van der Waals surface area contributed by atoms with Crippen molar-refractivity contribution in [1.29, 1.82) is 0 Å². The Morgan fingerprint density at radius 1 is 0.789 bits per heavy atom. The van der Waals surface area contributed by atoms with Crippen molar-refractivity contribution in [2.75, 3.05) is 0 Å². The fourth-order valence-electron chi connectivity index (χ4n) is 1.83. The van der Waals surface area contributed by atoms with Crippen LogP contribution in [0, 0.1) is 7.05 Å². The molecule has 1 radical (unpaired) electrons. The van der Waals surface area contributed by atoms with E-state index >= 15 is 0 Å². The third-order valence-corrected chi connectivity index (χ3v) is 2.77. The van der Waals surface area contributed by atoms with Crippen LogP contribution in [0.5, 0.6) is 11.5 Å². The summed E-state index contributed by atoms with van der Waals surface area (Å²) >= 11 is 0. The van der Waals surface area contributed by atoms with Crippen LogP contribution in [-0.4, -0.2) is 15.1 Å². The fraction of sp³-hybridized carbons (Fsp3) is 0.133. The molecule has 0 aliphatic carbocycles. The van der Waals surface area contributed by atoms with E-state index in [1.807, 2.05) is 24.3 Å². The molecule has 0 heterocycles. The van der Waals surface area contributed by atoms with E-state index in [-0.39, 0.29) is 44.2 Å². The average Bonchev–Trinajstić information content (AvgIpc) is 2.35. The number of benzene rings is 2. The molecule has 0 saturated heterocycles. The second-order valence-corrected chi connectivity index (χ2v) is 4.24. The molecule has 0 saturated carbocycles. The van der Waals surface area contributed by atoms with E-state index in [4.69, 9.17) is 0 Å². The van der Waals surface area contributed by atoms with Crippen molar-refractivity contribution in [1.82, 2.24) is 4.90 Å². The van der Waals surface area contributed by atoms with Gasteiger partial charge in [-0.05, 0) is 25.2 Å². The van der Waals surface area contributed by atoms with Gasteiger partial charge < -0.3 is 15.1 Å². The summed E-state index contributed by atoms with van der Waals surface area (Å²) in [7, 11) is 3.92. The Balaban J connectivity index is 0.00000180. The van der Waals surface area contributed by atoms with Crippen molar-refractivity contribution in [3.63, 3.8) is 0 Å². The molecule has 19 heavy (non-hydrogen) atoms. The van der Waals surface area contributed by atoms with E-state index < -0.39 is 0 Å². The number of nitrogens with zero attached hydrogens (tertiary/aromatic N) is 1. The summed E-state index contributed by atoms with van der Waals surface area (Å²) < 4.78 is 0. The molecule has 0 aliphatic heterocycles. The van der Waals surface area contributed by atoms with Gasteiger partial charge in [0.05, 0.1) is 0 Å². The predicted octanol–water partition coefficient (Wildman–Crippen LogP) is 2.89. The summed E-state index contributed by atoms with van der Waals surface area (Å²) in [6.07, 6.45) is 0. The van der Waals surface area contributed by atoms with E-state index in [0.29, 0.717) is 13.1 Å². The minimum absolute atomic E-state index is 0. The quantitative estimate of drug-likeness (QED) is 0.847. The zero-order valence-corrected chi connectivity index (χ0v) is 13.5. The average molecular weight is 331 g/mol. The molecule has 0 atom stereocenters. The normalized spacial score (nSPS) is 10.2. The van der Waals surface area contributed by atoms with E-state index in [0.717, 1.165) is 11.1 Å². The number of para-hydroxylation sites is 2. The number of phenols is 2. The van der Waals surface area contributed by atoms with Gasteiger partial charge in [-0.1, -0.05) is 36.4 Å². The summed E-state index contributed by atoms with van der Waals surface area (Å²) in [5.74, 6) is 0.534. The second-order valence-electron chi connectivity index (χ2n) is 4.24. The Kier molecular flexibility index (Phi) is 6.49. The maximum absolute atomic E-state index is 9.68. The summed E-state index contributed by atoms with van der Waals surface area (Å²) in [4.78, 5) is 1.80. The predicted molar refractivity (Wildman–Crippen MR) is 70.8 cm³/mol. The zero-order chi connectivity index (χ0) is 13.0. The Bertz CT molecular complexity index is 484. The molecule has 0 aliphatic rings. The van der Waals surface area contributed by atoms with Crippen LogP contribution in [0.25, 0.3) is 0 Å². The van der Waals surface area contributed by atoms with Crippen LogP contribution in [-0.2, 0) is 45.8 Å². The largest absolute Gasteiger partial charge is 0.508 e. The monoisotopic (exact) mass is 331 g/mol. The first kappa shape index (κ1) is 16.2. The molecule has 2 aromatic rings. The third-order valence-electron chi connectivity index (χ3n) is 2.77. The van der Waals surface area contributed by atoms with E-state index in [1.165, 1.54) is 0 Å². The molecule has 3 nitrogen and oxygen atoms in total. The van der Waals surface area contributed by atoms with Gasteiger partial charge in [-0.3, -0.25) is 7.05 Å². The van der Waals surface area contributed by atoms with Gasteiger partial charge in [-0.2, -0.15) is 0 Å². The zero-order valence-electron chi connectivity index (χ0n) is 10.7. The maximum atomic E-state index is 9.68. The van der Waals surface area contributed by atoms with Gasteiger partial charge >= 0.3 is 0 Å². The number of hydrogen-bond acceptors (Lipinski definition) is 3. The van der Waals surface area contributed by atoms with Crippen molar-refractivity contribution >= 4 is 0 Å². The van der Waals surface area contributed by atoms with Gasteiger partial charge in [0.25, 0.3) is 0 Å². The number of rotatable bonds is 4. The molecule has 2 rings (SSSR count). The van der Waals surface area contributed by atoms with Crippen molar-refractivity contribution in [2.45, 2.75) is 13.1 Å². The molecule has 2 N–H and O–H groups in total. The molecule has 0 spiro atoms. The minimum atomic E-state index is 0. The minimum Gasteiger partial charge on any atom is -0.508 e. The first-order valence-electron chi connectivity index (χ1n) is 5.76. The Labute approximate surface area is 138 Å². The van der Waals surface area contributed by atoms with E-state index in [1.54, 1.807) is 29.2 Å². The van der Waals surface area contributed by atoms with Crippen molar-refractivity contribution in [3.8, 4) is 11.5 Å². The molecular formula is C15H16NO2Y-. The summed E-state index contributed by atoms with van der Waals surface area (Å²) in [5.41, 5.74) is 1.64. The SMILES string of the molecule is [CH2-]N(Cc1ccccc1O)Cc1ccccc1O.[Y]. The first-order valence-corrected chi connectivity index (χ1v) is 5.76. The Morgan fingerprint density at radius 3 is 1.53 bits per heavy atom. The third kappa shape index (κ3) is 4.61. The summed E-state index contributed by atoms with van der Waals surface area (Å²) in [6, 6.07) is 14.4. The Morgan fingerprint density at radius 2 is 1.16 bits per heavy atom. The molecule has 0 aromatic heterocycles. The molecular weight excluding hydrogens is 315 g/mol. The van der Waals surface area contributed by atoms with Crippen LogP contribution in [0.3, 0.4) is 0 Å². The Hall–Kier alpha value is -0.896. The first-order chi connectivity index (χ1) is 8.66. The van der Waals surface area contributed by atoms with Gasteiger partial charge in [-0.15, -0.1) is 0 Å². The molecule has 4 heteroatoms. The molecule has 0 amide bonds. The number of phenolic OH excluding ortho intramolecular Hbond substituents is 2. The summed E-state index contributed by atoms with van der Waals surface area (Å²) in [6.45, 7) is 1.06. The maximum Gasteiger partial charge on any atom is 0.119 e. The molecule has 0 unspecified atom stereocenters. The topological polar surface area (TPSA) is 43.7 Å². The van der Waals surface area contributed by atoms with Crippen LogP contribution in [0.15, 0.2) is 48.5 Å². The van der Waals surface area contributed by atoms with Gasteiger partial charge in [0.1, 0.15) is 11.5 Å². The number of aromatic hydroxyl groups is 2. The van der Waals surface area contributed by atoms with Crippen LogP contribution in [0.4, 0.5) is 0 Å². The molecule has 2 aromatic carbocycles. The van der Waals surface area contributed by atoms with E-state index in [9.17, 15) is 10.2 Å². The van der Waals surface area contributed by atoms with Gasteiger partial charge in [0.2, 0.25) is 0 Å². The van der Waals surface area contributed by atoms with Crippen LogP contribution in [0.1, 0.15) is 11.1 Å². The smallest absolute Gasteiger partial charge is 0.119 e. The van der Waals surface area contributed by atoms with Crippen molar-refractivity contribution < 1.29 is 42.9 Å². The van der Waals surface area contributed by atoms with Gasteiger partial charge in [0.15, 0.2) is 0 Å². The van der Waals surface area contributed by atoms with Crippen LogP contribution >= 0.6 is 0 Å². The summed E-state index contributed by atoms with van der Waals surface area (Å²) in [5, 5.41) is 19.4.